The second-order valence-electron chi connectivity index (χ2n) is 4.13. The van der Waals surface area contributed by atoms with Gasteiger partial charge in [0.15, 0.2) is 0 Å². The van der Waals surface area contributed by atoms with Crippen molar-refractivity contribution in [3.63, 3.8) is 0 Å². The highest BCUT2D eigenvalue weighted by Crippen LogP contribution is 2.47. The molecule has 1 aromatic carbocycles. The predicted molar refractivity (Wildman–Crippen MR) is 51.8 cm³/mol. The smallest absolute Gasteiger partial charge is 0.366 e. The number of carboxylic acids is 1. The topological polar surface area (TPSA) is 64.9 Å². The second kappa shape index (κ2) is 2.82. The van der Waals surface area contributed by atoms with Crippen LogP contribution >= 0.6 is 0 Å². The lowest BCUT2D eigenvalue weighted by atomic mass is 10.1. The lowest BCUT2D eigenvalue weighted by molar-refractivity contribution is -0.426. The zero-order chi connectivity index (χ0) is 10.3. The van der Waals surface area contributed by atoms with Gasteiger partial charge in [-0.3, -0.25) is 0 Å². The predicted octanol–water partition coefficient (Wildman–Crippen LogP) is 0.548. The van der Waals surface area contributed by atoms with Crippen molar-refractivity contribution in [1.82, 2.24) is 0 Å². The Hall–Kier alpha value is -1.35. The maximum absolute atomic E-state index is 10.9. The molecule has 0 unspecified atom stereocenters. The SMILES string of the molecule is Cc1ccc([C@@H]2C[C@@]2([NH3+])C(=O)O)cc1. The van der Waals surface area contributed by atoms with Gasteiger partial charge in [0.1, 0.15) is 0 Å². The molecule has 3 heteroatoms. The Morgan fingerprint density at radius 1 is 1.50 bits per heavy atom. The van der Waals surface area contributed by atoms with Crippen molar-refractivity contribution in [2.24, 2.45) is 0 Å². The summed E-state index contributed by atoms with van der Waals surface area (Å²) in [7, 11) is 0. The van der Waals surface area contributed by atoms with Crippen LogP contribution in [-0.4, -0.2) is 16.6 Å². The van der Waals surface area contributed by atoms with Crippen LogP contribution in [0.15, 0.2) is 24.3 Å². The zero-order valence-corrected chi connectivity index (χ0v) is 8.16. The van der Waals surface area contributed by atoms with Crippen LogP contribution in [0.3, 0.4) is 0 Å². The average molecular weight is 192 g/mol. The first-order valence-corrected chi connectivity index (χ1v) is 4.69. The third-order valence-corrected chi connectivity index (χ3v) is 2.98. The van der Waals surface area contributed by atoms with Crippen molar-refractivity contribution < 1.29 is 15.6 Å². The molecule has 1 fully saturated rings. The third-order valence-electron chi connectivity index (χ3n) is 2.98. The van der Waals surface area contributed by atoms with Gasteiger partial charge in [-0.15, -0.1) is 0 Å². The standard InChI is InChI=1S/C11H13NO2/c1-7-2-4-8(5-3-7)9-6-11(9,12)10(13)14/h2-5,9H,6,12H2,1H3,(H,13,14)/p+1/t9-,11-/m0/s1. The van der Waals surface area contributed by atoms with Crippen LogP contribution in [0.25, 0.3) is 0 Å². The molecule has 1 aliphatic rings. The molecule has 1 saturated carbocycles. The number of quaternary nitrogens is 1. The number of carboxylic acid groups (broad SMARTS) is 1. The van der Waals surface area contributed by atoms with E-state index < -0.39 is 11.5 Å². The lowest BCUT2D eigenvalue weighted by Crippen LogP contribution is -2.68. The van der Waals surface area contributed by atoms with Gasteiger partial charge in [0.05, 0.1) is 5.92 Å². The summed E-state index contributed by atoms with van der Waals surface area (Å²) >= 11 is 0. The Labute approximate surface area is 82.5 Å². The van der Waals surface area contributed by atoms with E-state index in [0.717, 1.165) is 5.56 Å². The molecular formula is C11H14NO2+. The van der Waals surface area contributed by atoms with Crippen LogP contribution in [0.4, 0.5) is 0 Å². The Morgan fingerprint density at radius 2 is 2.07 bits per heavy atom. The first-order chi connectivity index (χ1) is 6.54. The molecular weight excluding hydrogens is 178 g/mol. The molecule has 3 nitrogen and oxygen atoms in total. The van der Waals surface area contributed by atoms with E-state index in [0.29, 0.717) is 6.42 Å². The van der Waals surface area contributed by atoms with Crippen molar-refractivity contribution in [2.75, 3.05) is 0 Å². The normalized spacial score (nSPS) is 30.0. The van der Waals surface area contributed by atoms with Gasteiger partial charge in [-0.05, 0) is 12.5 Å². The fraction of sp³-hybridized carbons (Fsp3) is 0.364. The van der Waals surface area contributed by atoms with Crippen molar-refractivity contribution in [2.45, 2.75) is 24.8 Å². The number of hydrogen-bond donors (Lipinski definition) is 2. The number of benzene rings is 1. The van der Waals surface area contributed by atoms with Gasteiger partial charge < -0.3 is 10.8 Å². The highest BCUT2D eigenvalue weighted by atomic mass is 16.4. The van der Waals surface area contributed by atoms with E-state index in [1.165, 1.54) is 5.56 Å². The maximum atomic E-state index is 10.9. The molecule has 1 aromatic rings. The summed E-state index contributed by atoms with van der Waals surface area (Å²) in [5.41, 5.74) is 5.28. The molecule has 14 heavy (non-hydrogen) atoms. The molecule has 2 rings (SSSR count). The Morgan fingerprint density at radius 3 is 2.50 bits per heavy atom. The summed E-state index contributed by atoms with van der Waals surface area (Å²) in [4.78, 5) is 10.9. The molecule has 1 aliphatic carbocycles. The van der Waals surface area contributed by atoms with E-state index in [2.05, 4.69) is 5.73 Å². The molecule has 0 spiro atoms. The van der Waals surface area contributed by atoms with Crippen LogP contribution in [0, 0.1) is 6.92 Å². The Bertz CT molecular complexity index is 371. The van der Waals surface area contributed by atoms with Crippen LogP contribution in [-0.2, 0) is 4.79 Å². The van der Waals surface area contributed by atoms with Gasteiger partial charge in [-0.1, -0.05) is 29.8 Å². The van der Waals surface area contributed by atoms with Crippen molar-refractivity contribution in [1.29, 1.82) is 0 Å². The summed E-state index contributed by atoms with van der Waals surface area (Å²) in [5, 5.41) is 8.94. The minimum atomic E-state index is -0.789. The average Bonchev–Trinajstić information content (AvgIpc) is 2.81. The van der Waals surface area contributed by atoms with Gasteiger partial charge in [0.25, 0.3) is 0 Å². The largest absolute Gasteiger partial charge is 0.477 e. The van der Waals surface area contributed by atoms with Crippen molar-refractivity contribution in [3.8, 4) is 0 Å². The summed E-state index contributed by atoms with van der Waals surface area (Å²) in [6, 6.07) is 8.01. The molecule has 2 atom stereocenters. The first kappa shape index (κ1) is 9.21. The van der Waals surface area contributed by atoms with E-state index in [1.54, 1.807) is 0 Å². The molecule has 0 bridgehead atoms. The van der Waals surface area contributed by atoms with Crippen LogP contribution < -0.4 is 5.73 Å². The third kappa shape index (κ3) is 1.30. The quantitative estimate of drug-likeness (QED) is 0.718. The number of aryl methyl sites for hydroxylation is 1. The number of rotatable bonds is 2. The highest BCUT2D eigenvalue weighted by Gasteiger charge is 2.62. The summed E-state index contributed by atoms with van der Waals surface area (Å²) in [5.74, 6) is -0.691. The fourth-order valence-corrected chi connectivity index (χ4v) is 1.78. The summed E-state index contributed by atoms with van der Waals surface area (Å²) < 4.78 is 0. The van der Waals surface area contributed by atoms with E-state index >= 15 is 0 Å². The maximum Gasteiger partial charge on any atom is 0.366 e. The van der Waals surface area contributed by atoms with Gasteiger partial charge in [0, 0.05) is 6.42 Å². The molecule has 0 amide bonds. The molecule has 0 aliphatic heterocycles. The van der Waals surface area contributed by atoms with Crippen molar-refractivity contribution in [3.05, 3.63) is 35.4 Å². The van der Waals surface area contributed by atoms with E-state index in [1.807, 2.05) is 31.2 Å². The van der Waals surface area contributed by atoms with Crippen LogP contribution in [0.5, 0.6) is 0 Å². The fourth-order valence-electron chi connectivity index (χ4n) is 1.78. The van der Waals surface area contributed by atoms with Gasteiger partial charge in [-0.2, -0.15) is 0 Å². The Balaban J connectivity index is 2.21. The second-order valence-corrected chi connectivity index (χ2v) is 4.13. The molecule has 0 saturated heterocycles. The molecule has 0 aromatic heterocycles. The van der Waals surface area contributed by atoms with Gasteiger partial charge in [-0.25, -0.2) is 4.79 Å². The minimum Gasteiger partial charge on any atom is -0.477 e. The van der Waals surface area contributed by atoms with Crippen LogP contribution in [0.2, 0.25) is 0 Å². The number of aliphatic carboxylic acids is 1. The molecule has 4 N–H and O–H groups in total. The molecule has 74 valence electrons. The zero-order valence-electron chi connectivity index (χ0n) is 8.16. The monoisotopic (exact) mass is 192 g/mol. The highest BCUT2D eigenvalue weighted by molar-refractivity contribution is 5.82. The van der Waals surface area contributed by atoms with Crippen LogP contribution in [0.1, 0.15) is 23.5 Å². The summed E-state index contributed by atoms with van der Waals surface area (Å²) in [6.07, 6.45) is 0.658. The summed E-state index contributed by atoms with van der Waals surface area (Å²) in [6.45, 7) is 2.02. The Kier molecular flexibility index (Phi) is 1.86. The minimum absolute atomic E-state index is 0.0978. The number of carbonyl (C=O) groups is 1. The van der Waals surface area contributed by atoms with Gasteiger partial charge in [0.2, 0.25) is 5.54 Å². The number of hydrogen-bond acceptors (Lipinski definition) is 1. The van der Waals surface area contributed by atoms with Crippen molar-refractivity contribution >= 4 is 5.97 Å². The lowest BCUT2D eigenvalue weighted by Gasteiger charge is -2.02. The van der Waals surface area contributed by atoms with E-state index in [9.17, 15) is 4.79 Å². The van der Waals surface area contributed by atoms with E-state index in [4.69, 9.17) is 5.11 Å². The van der Waals surface area contributed by atoms with E-state index in [-0.39, 0.29) is 5.92 Å². The van der Waals surface area contributed by atoms with Gasteiger partial charge >= 0.3 is 5.97 Å². The molecule has 0 heterocycles. The molecule has 0 radical (unpaired) electrons. The first-order valence-electron chi connectivity index (χ1n) is 4.69.